The van der Waals surface area contributed by atoms with Gasteiger partial charge < -0.3 is 20.7 Å². The maximum Gasteiger partial charge on any atom is 0.322 e. The molecule has 1 aliphatic heterocycles. The summed E-state index contributed by atoms with van der Waals surface area (Å²) in [4.78, 5) is 23.1. The molecule has 0 radical (unpaired) electrons. The lowest BCUT2D eigenvalue weighted by Crippen LogP contribution is -2.41. The molecular weight excluding hydrogens is 474 g/mol. The number of nitrogens with one attached hydrogen (secondary N) is 1. The second kappa shape index (κ2) is 10.3. The molecule has 0 amide bonds. The largest absolute Gasteiger partial charge is 0.464 e. The normalized spacial score (nSPS) is 17.3. The highest BCUT2D eigenvalue weighted by Crippen LogP contribution is 2.30. The molecule has 1 saturated heterocycles. The van der Waals surface area contributed by atoms with Crippen molar-refractivity contribution in [3.63, 3.8) is 0 Å². The van der Waals surface area contributed by atoms with E-state index in [1.54, 1.807) is 23.8 Å². The van der Waals surface area contributed by atoms with E-state index >= 15 is 0 Å². The molecule has 170 valence electrons. The number of nitrogens with two attached hydrogens (primary N) is 1. The molecule has 0 bridgehead atoms. The summed E-state index contributed by atoms with van der Waals surface area (Å²) in [5, 5.41) is 7.93. The molecule has 0 spiro atoms. The van der Waals surface area contributed by atoms with Gasteiger partial charge in [-0.15, -0.1) is 0 Å². The molecule has 4 rings (SSSR count). The fourth-order valence-electron chi connectivity index (χ4n) is 3.92. The number of esters is 1. The van der Waals surface area contributed by atoms with Crippen molar-refractivity contribution in [2.45, 2.75) is 51.2 Å². The molecule has 3 aromatic heterocycles. The number of hydrogen-bond donors (Lipinski definition) is 2. The van der Waals surface area contributed by atoms with E-state index in [1.165, 1.54) is 0 Å². The van der Waals surface area contributed by atoms with Crippen LogP contribution in [-0.4, -0.2) is 50.8 Å². The molecule has 9 nitrogen and oxygen atoms in total. The van der Waals surface area contributed by atoms with Gasteiger partial charge >= 0.3 is 5.97 Å². The summed E-state index contributed by atoms with van der Waals surface area (Å²) < 4.78 is 7.96. The number of piperidine rings is 1. The van der Waals surface area contributed by atoms with Gasteiger partial charge in [0.2, 0.25) is 0 Å². The van der Waals surface area contributed by atoms with Crippen LogP contribution >= 0.6 is 15.9 Å². The lowest BCUT2D eigenvalue weighted by Gasteiger charge is -2.37. The van der Waals surface area contributed by atoms with E-state index in [2.05, 4.69) is 36.2 Å². The molecule has 4 heterocycles. The highest BCUT2D eigenvalue weighted by Gasteiger charge is 2.25. The van der Waals surface area contributed by atoms with Crippen molar-refractivity contribution in [1.82, 2.24) is 19.6 Å². The molecule has 32 heavy (non-hydrogen) atoms. The van der Waals surface area contributed by atoms with Gasteiger partial charge in [0.1, 0.15) is 17.7 Å². The Morgan fingerprint density at radius 2 is 2.28 bits per heavy atom. The van der Waals surface area contributed by atoms with Crippen LogP contribution in [0.15, 0.2) is 41.3 Å². The number of rotatable bonds is 8. The number of carbonyl (C=O) groups is 1. The van der Waals surface area contributed by atoms with Crippen molar-refractivity contribution >= 4 is 39.2 Å². The summed E-state index contributed by atoms with van der Waals surface area (Å²) in [6.07, 6.45) is 9.37. The van der Waals surface area contributed by atoms with Crippen LogP contribution in [0, 0.1) is 0 Å². The highest BCUT2D eigenvalue weighted by atomic mass is 79.9. The van der Waals surface area contributed by atoms with E-state index in [0.717, 1.165) is 59.5 Å². The average Bonchev–Trinajstić information content (AvgIpc) is 3.19. The topological polar surface area (TPSA) is 111 Å². The van der Waals surface area contributed by atoms with Crippen LogP contribution in [-0.2, 0) is 16.1 Å². The highest BCUT2D eigenvalue weighted by molar-refractivity contribution is 9.10. The van der Waals surface area contributed by atoms with E-state index in [-0.39, 0.29) is 12.0 Å². The maximum atomic E-state index is 11.7. The first kappa shape index (κ1) is 22.5. The summed E-state index contributed by atoms with van der Waals surface area (Å²) >= 11 is 3.57. The van der Waals surface area contributed by atoms with Crippen molar-refractivity contribution in [1.29, 1.82) is 0 Å². The van der Waals surface area contributed by atoms with Gasteiger partial charge in [-0.05, 0) is 53.7 Å². The lowest BCUT2D eigenvalue weighted by molar-refractivity contribution is -0.144. The Balaban J connectivity index is 1.56. The van der Waals surface area contributed by atoms with Crippen LogP contribution in [0.1, 0.15) is 38.2 Å². The SMILES string of the molecule is C[C@@H](N)C(=O)OCC[C@@H]1CCCCN1c1cc(NCc2cccnc2)n2ncc(Br)c2n1. The molecule has 2 atom stereocenters. The third-order valence-corrected chi connectivity index (χ3v) is 6.16. The number of hydrogen-bond acceptors (Lipinski definition) is 8. The quantitative estimate of drug-likeness (QED) is 0.452. The predicted octanol–water partition coefficient (Wildman–Crippen LogP) is 3.14. The number of nitrogens with zero attached hydrogens (tertiary/aromatic N) is 5. The number of halogens is 1. The van der Waals surface area contributed by atoms with E-state index in [1.807, 2.05) is 24.4 Å². The third-order valence-electron chi connectivity index (χ3n) is 5.60. The lowest BCUT2D eigenvalue weighted by atomic mass is 9.99. The van der Waals surface area contributed by atoms with E-state index in [4.69, 9.17) is 15.5 Å². The smallest absolute Gasteiger partial charge is 0.322 e. The molecule has 10 heteroatoms. The van der Waals surface area contributed by atoms with Crippen molar-refractivity contribution < 1.29 is 9.53 Å². The number of carbonyl (C=O) groups excluding carboxylic acids is 1. The van der Waals surface area contributed by atoms with Crippen LogP contribution in [0.4, 0.5) is 11.6 Å². The number of fused-ring (bicyclic) bond motifs is 1. The first-order valence-electron chi connectivity index (χ1n) is 10.9. The fraction of sp³-hybridized carbons (Fsp3) is 0.455. The van der Waals surface area contributed by atoms with Crippen LogP contribution in [0.3, 0.4) is 0 Å². The van der Waals surface area contributed by atoms with Crippen molar-refractivity contribution in [3.8, 4) is 0 Å². The average molecular weight is 502 g/mol. The number of ether oxygens (including phenoxy) is 1. The summed E-state index contributed by atoms with van der Waals surface area (Å²) in [7, 11) is 0. The van der Waals surface area contributed by atoms with Gasteiger partial charge in [-0.2, -0.15) is 9.61 Å². The standard InChI is InChI=1S/C22H28BrN7O2/c1-15(24)22(31)32-10-7-17-6-2-3-9-29(17)20-11-19(26-13-16-5-4-8-25-12-16)30-21(28-20)18(23)14-27-30/h4-5,8,11-12,14-15,17,26H,2-3,6-7,9-10,13,24H2,1H3/t15-,17+/m1/s1. The van der Waals surface area contributed by atoms with Crippen molar-refractivity contribution in [2.24, 2.45) is 5.73 Å². The Morgan fingerprint density at radius 3 is 3.06 bits per heavy atom. The third kappa shape index (κ3) is 5.18. The first-order chi connectivity index (χ1) is 15.5. The molecule has 3 N–H and O–H groups in total. The summed E-state index contributed by atoms with van der Waals surface area (Å²) in [6, 6.07) is 5.63. The minimum Gasteiger partial charge on any atom is -0.464 e. The zero-order valence-electron chi connectivity index (χ0n) is 18.1. The Morgan fingerprint density at radius 1 is 1.41 bits per heavy atom. The molecule has 0 aliphatic carbocycles. The van der Waals surface area contributed by atoms with Gasteiger partial charge in [0.05, 0.1) is 17.3 Å². The fourth-order valence-corrected chi connectivity index (χ4v) is 4.27. The van der Waals surface area contributed by atoms with Gasteiger partial charge in [0, 0.05) is 44.0 Å². The predicted molar refractivity (Wildman–Crippen MR) is 126 cm³/mol. The second-order valence-electron chi connectivity index (χ2n) is 8.03. The van der Waals surface area contributed by atoms with Crippen molar-refractivity contribution in [2.75, 3.05) is 23.4 Å². The van der Waals surface area contributed by atoms with Gasteiger partial charge in [-0.1, -0.05) is 6.07 Å². The van der Waals surface area contributed by atoms with Gasteiger partial charge in [0.15, 0.2) is 5.65 Å². The molecule has 0 aromatic carbocycles. The van der Waals surface area contributed by atoms with Gasteiger partial charge in [-0.3, -0.25) is 9.78 Å². The minimum atomic E-state index is -0.603. The number of aromatic nitrogens is 4. The minimum absolute atomic E-state index is 0.243. The second-order valence-corrected chi connectivity index (χ2v) is 8.88. The van der Waals surface area contributed by atoms with Crippen molar-refractivity contribution in [3.05, 3.63) is 46.8 Å². The van der Waals surface area contributed by atoms with Gasteiger partial charge in [-0.25, -0.2) is 4.98 Å². The molecule has 1 fully saturated rings. The first-order valence-corrected chi connectivity index (χ1v) is 11.7. The maximum absolute atomic E-state index is 11.7. The molecule has 0 saturated carbocycles. The molecule has 0 unspecified atom stereocenters. The van der Waals surface area contributed by atoms with Crippen LogP contribution in [0.2, 0.25) is 0 Å². The Labute approximate surface area is 195 Å². The summed E-state index contributed by atoms with van der Waals surface area (Å²) in [5.41, 5.74) is 7.43. The van der Waals surface area contributed by atoms with E-state index in [0.29, 0.717) is 13.2 Å². The zero-order valence-corrected chi connectivity index (χ0v) is 19.7. The number of anilines is 2. The monoisotopic (exact) mass is 501 g/mol. The Bertz CT molecular complexity index is 1060. The summed E-state index contributed by atoms with van der Waals surface area (Å²) in [6.45, 7) is 3.52. The van der Waals surface area contributed by atoms with Crippen LogP contribution in [0.25, 0.3) is 5.65 Å². The molecule has 3 aromatic rings. The van der Waals surface area contributed by atoms with Crippen LogP contribution < -0.4 is 16.0 Å². The Kier molecular flexibility index (Phi) is 7.21. The molecular formula is C22H28BrN7O2. The number of pyridine rings is 1. The summed E-state index contributed by atoms with van der Waals surface area (Å²) in [5.74, 6) is 1.37. The van der Waals surface area contributed by atoms with Crippen LogP contribution in [0.5, 0.6) is 0 Å². The van der Waals surface area contributed by atoms with E-state index < -0.39 is 6.04 Å². The van der Waals surface area contributed by atoms with E-state index in [9.17, 15) is 4.79 Å². The Hall–Kier alpha value is -2.72. The molecule has 1 aliphatic rings. The zero-order chi connectivity index (χ0) is 22.5. The van der Waals surface area contributed by atoms with Gasteiger partial charge in [0.25, 0.3) is 0 Å².